The van der Waals surface area contributed by atoms with Crippen LogP contribution in [0.5, 0.6) is 0 Å². The fourth-order valence-electron chi connectivity index (χ4n) is 4.16. The zero-order valence-corrected chi connectivity index (χ0v) is 15.1. The summed E-state index contributed by atoms with van der Waals surface area (Å²) < 4.78 is 2.04. The summed E-state index contributed by atoms with van der Waals surface area (Å²) in [7, 11) is 0. The van der Waals surface area contributed by atoms with Gasteiger partial charge in [0.15, 0.2) is 17.0 Å². The predicted molar refractivity (Wildman–Crippen MR) is 103 cm³/mol. The third-order valence-electron chi connectivity index (χ3n) is 5.63. The molecule has 1 fully saturated rings. The van der Waals surface area contributed by atoms with E-state index in [1.165, 1.54) is 32.1 Å². The highest BCUT2D eigenvalue weighted by atomic mass is 16.3. The molecule has 0 radical (unpaired) electrons. The Morgan fingerprint density at radius 1 is 1.12 bits per heavy atom. The van der Waals surface area contributed by atoms with Crippen LogP contribution >= 0.6 is 0 Å². The van der Waals surface area contributed by atoms with Crippen molar-refractivity contribution in [1.82, 2.24) is 19.5 Å². The standard InChI is InChI=1S/C19H28N6O/c20-19-23-17(22-14-6-4-2-1-3-5-7-14)16-18(24-19)25(12-21-16)15-9-8-13(10-15)11-26/h8-9,12-15,26H,1-7,10-11H2,(H3,20,22,23,24)/t13-,15+/m1/s1. The van der Waals surface area contributed by atoms with E-state index in [0.29, 0.717) is 6.04 Å². The number of aromatic nitrogens is 4. The second-order valence-corrected chi connectivity index (χ2v) is 7.57. The molecule has 2 heterocycles. The molecule has 2 atom stereocenters. The molecule has 140 valence electrons. The molecule has 26 heavy (non-hydrogen) atoms. The molecule has 0 amide bonds. The minimum atomic E-state index is 0.153. The Morgan fingerprint density at radius 3 is 2.62 bits per heavy atom. The van der Waals surface area contributed by atoms with Crippen LogP contribution in [0.25, 0.3) is 11.2 Å². The van der Waals surface area contributed by atoms with Gasteiger partial charge in [-0.05, 0) is 19.3 Å². The minimum absolute atomic E-state index is 0.153. The number of hydrogen-bond acceptors (Lipinski definition) is 6. The normalized spacial score (nSPS) is 24.7. The lowest BCUT2D eigenvalue weighted by molar-refractivity contribution is 0.244. The summed E-state index contributed by atoms with van der Waals surface area (Å²) in [4.78, 5) is 13.5. The molecule has 2 aliphatic carbocycles. The molecule has 7 nitrogen and oxygen atoms in total. The highest BCUT2D eigenvalue weighted by Gasteiger charge is 2.23. The molecular formula is C19H28N6O. The molecule has 0 aliphatic heterocycles. The van der Waals surface area contributed by atoms with Gasteiger partial charge in [0.2, 0.25) is 5.95 Å². The van der Waals surface area contributed by atoms with Crippen molar-refractivity contribution in [2.24, 2.45) is 5.92 Å². The number of nitrogens with zero attached hydrogens (tertiary/aromatic N) is 4. The van der Waals surface area contributed by atoms with Crippen molar-refractivity contribution in [3.05, 3.63) is 18.5 Å². The van der Waals surface area contributed by atoms with Gasteiger partial charge in [-0.25, -0.2) is 4.98 Å². The van der Waals surface area contributed by atoms with Crippen molar-refractivity contribution in [3.8, 4) is 0 Å². The molecule has 0 spiro atoms. The van der Waals surface area contributed by atoms with E-state index in [0.717, 1.165) is 36.2 Å². The Kier molecular flexibility index (Phi) is 5.06. The fourth-order valence-corrected chi connectivity index (χ4v) is 4.16. The summed E-state index contributed by atoms with van der Waals surface area (Å²) in [5.74, 6) is 1.22. The van der Waals surface area contributed by atoms with E-state index in [-0.39, 0.29) is 24.5 Å². The number of aliphatic hydroxyl groups is 1. The van der Waals surface area contributed by atoms with Gasteiger partial charge in [0.1, 0.15) is 0 Å². The number of anilines is 2. The number of fused-ring (bicyclic) bond motifs is 1. The molecule has 0 saturated heterocycles. The number of imidazole rings is 1. The number of allylic oxidation sites excluding steroid dienone is 1. The third-order valence-corrected chi connectivity index (χ3v) is 5.63. The Hall–Kier alpha value is -2.15. The quantitative estimate of drug-likeness (QED) is 0.728. The van der Waals surface area contributed by atoms with Crippen molar-refractivity contribution >= 4 is 22.9 Å². The van der Waals surface area contributed by atoms with Crippen LogP contribution in [0.4, 0.5) is 11.8 Å². The van der Waals surface area contributed by atoms with Crippen LogP contribution in [-0.4, -0.2) is 37.3 Å². The van der Waals surface area contributed by atoms with E-state index >= 15 is 0 Å². The molecule has 2 aromatic rings. The zero-order chi connectivity index (χ0) is 17.9. The van der Waals surface area contributed by atoms with Gasteiger partial charge in [-0.1, -0.05) is 44.3 Å². The summed E-state index contributed by atoms with van der Waals surface area (Å²) in [5, 5.41) is 13.0. The minimum Gasteiger partial charge on any atom is -0.396 e. The first-order valence-electron chi connectivity index (χ1n) is 9.80. The van der Waals surface area contributed by atoms with Gasteiger partial charge in [-0.3, -0.25) is 0 Å². The zero-order valence-electron chi connectivity index (χ0n) is 15.1. The Morgan fingerprint density at radius 2 is 1.88 bits per heavy atom. The molecule has 4 rings (SSSR count). The number of nitrogens with two attached hydrogens (primary N) is 1. The lowest BCUT2D eigenvalue weighted by Gasteiger charge is -2.21. The average Bonchev–Trinajstić information content (AvgIpc) is 3.23. The molecule has 1 saturated carbocycles. The Labute approximate surface area is 153 Å². The summed E-state index contributed by atoms with van der Waals surface area (Å²) in [6, 6.07) is 0.573. The van der Waals surface area contributed by atoms with Gasteiger partial charge >= 0.3 is 0 Å². The third kappa shape index (κ3) is 3.53. The maximum absolute atomic E-state index is 9.38. The molecule has 4 N–H and O–H groups in total. The van der Waals surface area contributed by atoms with Crippen molar-refractivity contribution < 1.29 is 5.11 Å². The van der Waals surface area contributed by atoms with E-state index in [2.05, 4.69) is 32.4 Å². The van der Waals surface area contributed by atoms with Crippen molar-refractivity contribution in [3.63, 3.8) is 0 Å². The summed E-state index contributed by atoms with van der Waals surface area (Å²) in [6.45, 7) is 0.172. The maximum Gasteiger partial charge on any atom is 0.224 e. The number of rotatable bonds is 4. The molecule has 0 aromatic carbocycles. The van der Waals surface area contributed by atoms with Crippen LogP contribution in [-0.2, 0) is 0 Å². The lowest BCUT2D eigenvalue weighted by Crippen LogP contribution is -2.22. The fraction of sp³-hybridized carbons (Fsp3) is 0.632. The number of nitrogens with one attached hydrogen (secondary N) is 1. The Bertz CT molecular complexity index is 778. The van der Waals surface area contributed by atoms with Gasteiger partial charge in [0, 0.05) is 18.6 Å². The lowest BCUT2D eigenvalue weighted by atomic mass is 9.97. The van der Waals surface area contributed by atoms with Gasteiger partial charge < -0.3 is 20.7 Å². The number of hydrogen-bond donors (Lipinski definition) is 3. The van der Waals surface area contributed by atoms with E-state index in [1.807, 2.05) is 10.9 Å². The first-order chi connectivity index (χ1) is 12.7. The van der Waals surface area contributed by atoms with Gasteiger partial charge in [0.25, 0.3) is 0 Å². The molecule has 2 aromatic heterocycles. The molecule has 2 aliphatic rings. The van der Waals surface area contributed by atoms with Crippen LogP contribution < -0.4 is 11.1 Å². The smallest absolute Gasteiger partial charge is 0.224 e. The average molecular weight is 356 g/mol. The van der Waals surface area contributed by atoms with E-state index in [9.17, 15) is 5.11 Å². The molecular weight excluding hydrogens is 328 g/mol. The van der Waals surface area contributed by atoms with Crippen molar-refractivity contribution in [1.29, 1.82) is 0 Å². The van der Waals surface area contributed by atoms with Gasteiger partial charge in [0.05, 0.1) is 12.4 Å². The summed E-state index contributed by atoms with van der Waals surface area (Å²) >= 11 is 0. The monoisotopic (exact) mass is 356 g/mol. The maximum atomic E-state index is 9.38. The van der Waals surface area contributed by atoms with Crippen LogP contribution in [0.15, 0.2) is 18.5 Å². The van der Waals surface area contributed by atoms with Crippen LogP contribution in [0.1, 0.15) is 57.4 Å². The number of aliphatic hydroxyl groups excluding tert-OH is 1. The Balaban J connectivity index is 1.60. The highest BCUT2D eigenvalue weighted by Crippen LogP contribution is 2.32. The second kappa shape index (κ2) is 7.61. The predicted octanol–water partition coefficient (Wildman–Crippen LogP) is 3.04. The number of nitrogen functional groups attached to an aromatic ring is 1. The first kappa shape index (κ1) is 17.3. The second-order valence-electron chi connectivity index (χ2n) is 7.57. The molecule has 0 unspecified atom stereocenters. The van der Waals surface area contributed by atoms with E-state index < -0.39 is 0 Å². The first-order valence-corrected chi connectivity index (χ1v) is 9.80. The van der Waals surface area contributed by atoms with Crippen molar-refractivity contribution in [2.45, 2.75) is 63.5 Å². The molecule has 0 bridgehead atoms. The summed E-state index contributed by atoms with van der Waals surface area (Å²) in [6.07, 6.45) is 15.7. The van der Waals surface area contributed by atoms with Gasteiger partial charge in [-0.15, -0.1) is 0 Å². The largest absolute Gasteiger partial charge is 0.396 e. The van der Waals surface area contributed by atoms with Crippen LogP contribution in [0.3, 0.4) is 0 Å². The van der Waals surface area contributed by atoms with Crippen LogP contribution in [0.2, 0.25) is 0 Å². The summed E-state index contributed by atoms with van der Waals surface area (Å²) in [5.41, 5.74) is 7.55. The van der Waals surface area contributed by atoms with Gasteiger partial charge in [-0.2, -0.15) is 9.97 Å². The topological polar surface area (TPSA) is 102 Å². The molecule has 7 heteroatoms. The SMILES string of the molecule is Nc1nc(NC2CCCCCCC2)c2ncn([C@H]3C=C[C@@H](CO)C3)c2n1. The highest BCUT2D eigenvalue weighted by molar-refractivity contribution is 5.84. The van der Waals surface area contributed by atoms with Crippen molar-refractivity contribution in [2.75, 3.05) is 17.7 Å². The van der Waals surface area contributed by atoms with E-state index in [4.69, 9.17) is 5.73 Å². The van der Waals surface area contributed by atoms with E-state index in [1.54, 1.807) is 0 Å². The van der Waals surface area contributed by atoms with Crippen LogP contribution in [0, 0.1) is 5.92 Å².